The number of hydrogen-bond donors (Lipinski definition) is 2. The minimum absolute atomic E-state index is 0.0131. The Morgan fingerprint density at radius 2 is 1.92 bits per heavy atom. The fourth-order valence-corrected chi connectivity index (χ4v) is 3.22. The van der Waals surface area contributed by atoms with E-state index in [2.05, 4.69) is 10.1 Å². The number of amides is 1. The molecule has 0 aliphatic heterocycles. The second-order valence-electron chi connectivity index (χ2n) is 7.04. The molecule has 0 heterocycles. The fraction of sp³-hybridized carbons (Fsp3) is 0.579. The molecule has 1 amide bonds. The Morgan fingerprint density at radius 1 is 1.28 bits per heavy atom. The predicted molar refractivity (Wildman–Crippen MR) is 95.2 cm³/mol. The largest absolute Gasteiger partial charge is 0.465 e. The number of ether oxygens (including phenoxy) is 2. The molecule has 1 aromatic carbocycles. The standard InChI is InChI=1S/C19H28N2O4/c1-5-25-15-12-19(20,18(15,2)3)17(23)21-11-10-13-6-8-14(9-7-13)16(22)24-4/h6-9,15H,5,10-12,20H2,1-4H3,(H,21,23). The van der Waals surface area contributed by atoms with Crippen molar-refractivity contribution in [3.05, 3.63) is 35.4 Å². The molecule has 2 rings (SSSR count). The summed E-state index contributed by atoms with van der Waals surface area (Å²) in [5, 5.41) is 2.93. The first kappa shape index (κ1) is 19.4. The second kappa shape index (κ2) is 7.54. The van der Waals surface area contributed by atoms with Crippen LogP contribution in [0, 0.1) is 5.41 Å². The van der Waals surface area contributed by atoms with Crippen LogP contribution in [0.3, 0.4) is 0 Å². The van der Waals surface area contributed by atoms with Crippen molar-refractivity contribution in [2.24, 2.45) is 11.1 Å². The van der Waals surface area contributed by atoms with E-state index < -0.39 is 11.0 Å². The number of rotatable bonds is 7. The van der Waals surface area contributed by atoms with Crippen LogP contribution in [0.4, 0.5) is 0 Å². The van der Waals surface area contributed by atoms with Crippen LogP contribution >= 0.6 is 0 Å². The SMILES string of the molecule is CCOC1CC(N)(C(=O)NCCc2ccc(C(=O)OC)cc2)C1(C)C. The summed E-state index contributed by atoms with van der Waals surface area (Å²) >= 11 is 0. The predicted octanol–water partition coefficient (Wildman–Crippen LogP) is 1.66. The molecular weight excluding hydrogens is 320 g/mol. The molecule has 3 N–H and O–H groups in total. The first-order valence-corrected chi connectivity index (χ1v) is 8.62. The summed E-state index contributed by atoms with van der Waals surface area (Å²) in [5.41, 5.74) is 6.59. The third-order valence-corrected chi connectivity index (χ3v) is 5.31. The van der Waals surface area contributed by atoms with Gasteiger partial charge in [0.2, 0.25) is 5.91 Å². The van der Waals surface area contributed by atoms with E-state index in [9.17, 15) is 9.59 Å². The molecule has 0 aromatic heterocycles. The van der Waals surface area contributed by atoms with Gasteiger partial charge in [0.15, 0.2) is 0 Å². The average molecular weight is 348 g/mol. The van der Waals surface area contributed by atoms with Crippen LogP contribution in [0.5, 0.6) is 0 Å². The molecule has 2 atom stereocenters. The first-order valence-electron chi connectivity index (χ1n) is 8.62. The van der Waals surface area contributed by atoms with E-state index in [1.54, 1.807) is 12.1 Å². The average Bonchev–Trinajstić information content (AvgIpc) is 2.61. The summed E-state index contributed by atoms with van der Waals surface area (Å²) in [7, 11) is 1.35. The number of benzene rings is 1. The van der Waals surface area contributed by atoms with Crippen LogP contribution in [0.2, 0.25) is 0 Å². The molecule has 0 bridgehead atoms. The highest BCUT2D eigenvalue weighted by molar-refractivity contribution is 5.89. The smallest absolute Gasteiger partial charge is 0.337 e. The van der Waals surface area contributed by atoms with Crippen molar-refractivity contribution in [1.82, 2.24) is 5.32 Å². The molecule has 1 saturated carbocycles. The molecule has 2 unspecified atom stereocenters. The minimum Gasteiger partial charge on any atom is -0.465 e. The highest BCUT2D eigenvalue weighted by Gasteiger charge is 2.62. The topological polar surface area (TPSA) is 90.6 Å². The third-order valence-electron chi connectivity index (χ3n) is 5.31. The van der Waals surface area contributed by atoms with Gasteiger partial charge in [-0.15, -0.1) is 0 Å². The molecular formula is C19H28N2O4. The Bertz CT molecular complexity index is 627. The van der Waals surface area contributed by atoms with E-state index in [4.69, 9.17) is 10.5 Å². The highest BCUT2D eigenvalue weighted by Crippen LogP contribution is 2.49. The highest BCUT2D eigenvalue weighted by atomic mass is 16.5. The van der Waals surface area contributed by atoms with Crippen LogP contribution in [0.15, 0.2) is 24.3 Å². The monoisotopic (exact) mass is 348 g/mol. The number of hydrogen-bond acceptors (Lipinski definition) is 5. The molecule has 1 aliphatic rings. The molecule has 0 spiro atoms. The van der Waals surface area contributed by atoms with Gasteiger partial charge in [0.05, 0.1) is 18.8 Å². The summed E-state index contributed by atoms with van der Waals surface area (Å²) in [6.45, 7) is 7.00. The van der Waals surface area contributed by atoms with Crippen LogP contribution in [0.25, 0.3) is 0 Å². The summed E-state index contributed by atoms with van der Waals surface area (Å²) in [6.07, 6.45) is 1.21. The van der Waals surface area contributed by atoms with Crippen LogP contribution in [-0.2, 0) is 20.7 Å². The third kappa shape index (κ3) is 3.70. The Labute approximate surface area is 149 Å². The summed E-state index contributed by atoms with van der Waals surface area (Å²) < 4.78 is 10.3. The van der Waals surface area contributed by atoms with Gasteiger partial charge in [-0.1, -0.05) is 26.0 Å². The van der Waals surface area contributed by atoms with Gasteiger partial charge < -0.3 is 20.5 Å². The lowest BCUT2D eigenvalue weighted by Gasteiger charge is -2.57. The maximum atomic E-state index is 12.5. The van der Waals surface area contributed by atoms with E-state index in [1.165, 1.54) is 7.11 Å². The maximum Gasteiger partial charge on any atom is 0.337 e. The molecule has 1 aliphatic carbocycles. The minimum atomic E-state index is -0.901. The lowest BCUT2D eigenvalue weighted by Crippen LogP contribution is -2.75. The van der Waals surface area contributed by atoms with Crippen molar-refractivity contribution in [3.8, 4) is 0 Å². The van der Waals surface area contributed by atoms with Gasteiger partial charge in [-0.05, 0) is 31.0 Å². The molecule has 0 radical (unpaired) electrons. The number of nitrogens with two attached hydrogens (primary N) is 1. The second-order valence-corrected chi connectivity index (χ2v) is 7.04. The normalized spacial score (nSPS) is 24.3. The van der Waals surface area contributed by atoms with Crippen LogP contribution < -0.4 is 11.1 Å². The quantitative estimate of drug-likeness (QED) is 0.732. The zero-order valence-electron chi connectivity index (χ0n) is 15.4. The Hall–Kier alpha value is -1.92. The lowest BCUT2D eigenvalue weighted by atomic mass is 9.54. The van der Waals surface area contributed by atoms with E-state index in [0.717, 1.165) is 5.56 Å². The van der Waals surface area contributed by atoms with Gasteiger partial charge in [0.1, 0.15) is 5.54 Å². The summed E-state index contributed by atoms with van der Waals surface area (Å²) in [5.74, 6) is -0.499. The van der Waals surface area contributed by atoms with Crippen molar-refractivity contribution in [1.29, 1.82) is 0 Å². The first-order chi connectivity index (χ1) is 11.8. The lowest BCUT2D eigenvalue weighted by molar-refractivity contribution is -0.170. The van der Waals surface area contributed by atoms with Gasteiger partial charge in [-0.25, -0.2) is 4.79 Å². The Morgan fingerprint density at radius 3 is 2.44 bits per heavy atom. The van der Waals surface area contributed by atoms with Crippen molar-refractivity contribution in [3.63, 3.8) is 0 Å². The molecule has 6 nitrogen and oxygen atoms in total. The molecule has 1 fully saturated rings. The van der Waals surface area contributed by atoms with E-state index in [1.807, 2.05) is 32.9 Å². The van der Waals surface area contributed by atoms with Gasteiger partial charge >= 0.3 is 5.97 Å². The van der Waals surface area contributed by atoms with Crippen molar-refractivity contribution < 1.29 is 19.1 Å². The maximum absolute atomic E-state index is 12.5. The number of methoxy groups -OCH3 is 1. The van der Waals surface area contributed by atoms with E-state index in [0.29, 0.717) is 31.6 Å². The molecule has 25 heavy (non-hydrogen) atoms. The molecule has 6 heteroatoms. The van der Waals surface area contributed by atoms with Gasteiger partial charge in [-0.3, -0.25) is 4.79 Å². The van der Waals surface area contributed by atoms with Crippen LogP contribution in [0.1, 0.15) is 43.1 Å². The number of carbonyl (C=O) groups excluding carboxylic acids is 2. The number of nitrogens with one attached hydrogen (secondary N) is 1. The summed E-state index contributed by atoms with van der Waals surface area (Å²) in [6, 6.07) is 7.15. The van der Waals surface area contributed by atoms with Crippen molar-refractivity contribution in [2.45, 2.75) is 45.3 Å². The van der Waals surface area contributed by atoms with Gasteiger partial charge in [-0.2, -0.15) is 0 Å². The van der Waals surface area contributed by atoms with E-state index in [-0.39, 0.29) is 18.0 Å². The molecule has 1 aromatic rings. The zero-order chi connectivity index (χ0) is 18.7. The fourth-order valence-electron chi connectivity index (χ4n) is 3.22. The van der Waals surface area contributed by atoms with Crippen LogP contribution in [-0.4, -0.2) is 43.8 Å². The zero-order valence-corrected chi connectivity index (χ0v) is 15.4. The summed E-state index contributed by atoms with van der Waals surface area (Å²) in [4.78, 5) is 23.9. The number of carbonyl (C=O) groups is 2. The van der Waals surface area contributed by atoms with Gasteiger partial charge in [0.25, 0.3) is 0 Å². The van der Waals surface area contributed by atoms with Crippen molar-refractivity contribution >= 4 is 11.9 Å². The Kier molecular flexibility index (Phi) is 5.85. The van der Waals surface area contributed by atoms with E-state index >= 15 is 0 Å². The Balaban J connectivity index is 1.86. The van der Waals surface area contributed by atoms with Gasteiger partial charge in [0, 0.05) is 25.0 Å². The molecule has 0 saturated heterocycles. The number of esters is 1. The molecule has 138 valence electrons. The van der Waals surface area contributed by atoms with Crippen molar-refractivity contribution in [2.75, 3.05) is 20.3 Å².